The minimum atomic E-state index is -4.50. The highest BCUT2D eigenvalue weighted by atomic mass is 19.4. The SMILES string of the molecule is CN=C(NCc1cn(C)nc1C(F)(F)F)NCC1(CCO)CCOC1. The zero-order valence-corrected chi connectivity index (χ0v) is 14.4. The van der Waals surface area contributed by atoms with Crippen molar-refractivity contribution in [2.24, 2.45) is 17.5 Å². The molecule has 3 N–H and O–H groups in total. The minimum Gasteiger partial charge on any atom is -0.396 e. The van der Waals surface area contributed by atoms with Gasteiger partial charge in [0.15, 0.2) is 11.7 Å². The summed E-state index contributed by atoms with van der Waals surface area (Å²) in [5, 5.41) is 18.7. The van der Waals surface area contributed by atoms with Crippen LogP contribution >= 0.6 is 0 Å². The fraction of sp³-hybridized carbons (Fsp3) is 0.733. The second-order valence-electron chi connectivity index (χ2n) is 6.23. The monoisotopic (exact) mass is 363 g/mol. The summed E-state index contributed by atoms with van der Waals surface area (Å²) in [7, 11) is 3.00. The van der Waals surface area contributed by atoms with Crippen molar-refractivity contribution in [2.75, 3.05) is 33.4 Å². The summed E-state index contributed by atoms with van der Waals surface area (Å²) in [5.41, 5.74) is -1.04. The summed E-state index contributed by atoms with van der Waals surface area (Å²) in [6, 6.07) is 0. The zero-order chi connectivity index (χ0) is 18.5. The van der Waals surface area contributed by atoms with Gasteiger partial charge < -0.3 is 20.5 Å². The van der Waals surface area contributed by atoms with E-state index in [1.54, 1.807) is 7.05 Å². The number of halogens is 3. The van der Waals surface area contributed by atoms with E-state index in [0.717, 1.165) is 11.1 Å². The van der Waals surface area contributed by atoms with Crippen molar-refractivity contribution in [2.45, 2.75) is 25.6 Å². The molecule has 1 saturated heterocycles. The van der Waals surface area contributed by atoms with Crippen molar-refractivity contribution in [3.8, 4) is 0 Å². The number of ether oxygens (including phenoxy) is 1. The third kappa shape index (κ3) is 5.08. The molecule has 0 amide bonds. The standard InChI is InChI=1S/C15H24F3N5O2/c1-19-13(21-9-14(3-5-24)4-6-25-10-14)20-7-11-8-23(2)22-12(11)15(16,17)18/h8,24H,3-7,9-10H2,1-2H3,(H2,19,20,21). The van der Waals surface area contributed by atoms with Gasteiger partial charge in [-0.1, -0.05) is 0 Å². The molecule has 1 unspecified atom stereocenters. The van der Waals surface area contributed by atoms with Crippen LogP contribution in [0.4, 0.5) is 13.2 Å². The maximum absolute atomic E-state index is 13.0. The van der Waals surface area contributed by atoms with E-state index in [9.17, 15) is 18.3 Å². The summed E-state index contributed by atoms with van der Waals surface area (Å²) in [4.78, 5) is 4.04. The molecule has 0 aromatic carbocycles. The predicted octanol–water partition coefficient (Wildman–Crippen LogP) is 0.893. The van der Waals surface area contributed by atoms with Crippen LogP contribution in [0.1, 0.15) is 24.1 Å². The number of aliphatic hydroxyl groups excluding tert-OH is 1. The molecule has 1 aliphatic rings. The maximum atomic E-state index is 13.0. The van der Waals surface area contributed by atoms with Crippen LogP contribution in [-0.4, -0.2) is 54.3 Å². The molecule has 0 bridgehead atoms. The molecule has 7 nitrogen and oxygen atoms in total. The van der Waals surface area contributed by atoms with Gasteiger partial charge in [-0.3, -0.25) is 9.67 Å². The molecular weight excluding hydrogens is 339 g/mol. The highest BCUT2D eigenvalue weighted by molar-refractivity contribution is 5.79. The molecule has 1 fully saturated rings. The number of aliphatic imine (C=N–C) groups is 1. The molecular formula is C15H24F3N5O2. The van der Waals surface area contributed by atoms with Gasteiger partial charge in [0.25, 0.3) is 0 Å². The normalized spacial score (nSPS) is 21.6. The molecule has 0 spiro atoms. The Hall–Kier alpha value is -1.81. The van der Waals surface area contributed by atoms with E-state index in [2.05, 4.69) is 20.7 Å². The lowest BCUT2D eigenvalue weighted by Crippen LogP contribution is -2.44. The first-order valence-electron chi connectivity index (χ1n) is 8.02. The van der Waals surface area contributed by atoms with Crippen LogP contribution in [0.2, 0.25) is 0 Å². The topological polar surface area (TPSA) is 83.7 Å². The average molecular weight is 363 g/mol. The fourth-order valence-corrected chi connectivity index (χ4v) is 2.89. The van der Waals surface area contributed by atoms with Crippen molar-refractivity contribution in [1.29, 1.82) is 0 Å². The summed E-state index contributed by atoms with van der Waals surface area (Å²) >= 11 is 0. The highest BCUT2D eigenvalue weighted by Crippen LogP contribution is 2.32. The number of alkyl halides is 3. The lowest BCUT2D eigenvalue weighted by Gasteiger charge is -2.27. The number of aromatic nitrogens is 2. The number of aryl methyl sites for hydroxylation is 1. The van der Waals surface area contributed by atoms with Crippen molar-refractivity contribution in [1.82, 2.24) is 20.4 Å². The Bertz CT molecular complexity index is 594. The molecule has 0 radical (unpaired) electrons. The quantitative estimate of drug-likeness (QED) is 0.517. The summed E-state index contributed by atoms with van der Waals surface area (Å²) in [6.45, 7) is 1.71. The Morgan fingerprint density at radius 2 is 2.24 bits per heavy atom. The summed E-state index contributed by atoms with van der Waals surface area (Å²) in [5.74, 6) is 0.390. The van der Waals surface area contributed by atoms with Gasteiger partial charge in [0.05, 0.1) is 6.61 Å². The number of nitrogens with zero attached hydrogens (tertiary/aromatic N) is 3. The van der Waals surface area contributed by atoms with Crippen molar-refractivity contribution < 1.29 is 23.0 Å². The predicted molar refractivity (Wildman–Crippen MR) is 86.0 cm³/mol. The molecule has 10 heteroatoms. The molecule has 0 saturated carbocycles. The Kier molecular flexibility index (Phi) is 6.28. The smallest absolute Gasteiger partial charge is 0.396 e. The summed E-state index contributed by atoms with van der Waals surface area (Å²) < 4.78 is 45.5. The van der Waals surface area contributed by atoms with Crippen LogP contribution in [0.15, 0.2) is 11.2 Å². The van der Waals surface area contributed by atoms with Crippen LogP contribution in [0.3, 0.4) is 0 Å². The van der Waals surface area contributed by atoms with Crippen LogP contribution < -0.4 is 10.6 Å². The number of rotatable bonds is 6. The fourth-order valence-electron chi connectivity index (χ4n) is 2.89. The van der Waals surface area contributed by atoms with E-state index < -0.39 is 11.9 Å². The number of hydrogen-bond donors (Lipinski definition) is 3. The largest absolute Gasteiger partial charge is 0.435 e. The van der Waals surface area contributed by atoms with E-state index in [0.29, 0.717) is 32.1 Å². The van der Waals surface area contributed by atoms with Gasteiger partial charge in [-0.15, -0.1) is 0 Å². The lowest BCUT2D eigenvalue weighted by molar-refractivity contribution is -0.142. The number of hydrogen-bond acceptors (Lipinski definition) is 4. The Labute approximate surface area is 144 Å². The molecule has 142 valence electrons. The first-order chi connectivity index (χ1) is 11.8. The maximum Gasteiger partial charge on any atom is 0.435 e. The van der Waals surface area contributed by atoms with E-state index in [4.69, 9.17) is 4.74 Å². The third-order valence-corrected chi connectivity index (χ3v) is 4.30. The van der Waals surface area contributed by atoms with Gasteiger partial charge in [0, 0.05) is 57.6 Å². The van der Waals surface area contributed by atoms with E-state index in [1.165, 1.54) is 13.2 Å². The molecule has 2 heterocycles. The minimum absolute atomic E-state index is 0.0484. The molecule has 1 atom stereocenters. The molecule has 25 heavy (non-hydrogen) atoms. The van der Waals surface area contributed by atoms with Gasteiger partial charge in [-0.25, -0.2) is 0 Å². The van der Waals surface area contributed by atoms with E-state index in [-0.39, 0.29) is 24.1 Å². The number of guanidine groups is 1. The van der Waals surface area contributed by atoms with Crippen LogP contribution in [0.25, 0.3) is 0 Å². The second-order valence-corrected chi connectivity index (χ2v) is 6.23. The van der Waals surface area contributed by atoms with Gasteiger partial charge in [0.2, 0.25) is 0 Å². The van der Waals surface area contributed by atoms with E-state index in [1.807, 2.05) is 0 Å². The van der Waals surface area contributed by atoms with Crippen molar-refractivity contribution in [3.05, 3.63) is 17.5 Å². The van der Waals surface area contributed by atoms with Crippen molar-refractivity contribution in [3.63, 3.8) is 0 Å². The summed E-state index contributed by atoms with van der Waals surface area (Å²) in [6.07, 6.45) is -1.75. The zero-order valence-electron chi connectivity index (χ0n) is 14.4. The highest BCUT2D eigenvalue weighted by Gasteiger charge is 2.37. The van der Waals surface area contributed by atoms with Crippen LogP contribution in [0, 0.1) is 5.41 Å². The average Bonchev–Trinajstić information content (AvgIpc) is 3.15. The van der Waals surface area contributed by atoms with Gasteiger partial charge in [0.1, 0.15) is 0 Å². The third-order valence-electron chi connectivity index (χ3n) is 4.30. The number of aliphatic hydroxyl groups is 1. The van der Waals surface area contributed by atoms with Gasteiger partial charge in [-0.2, -0.15) is 18.3 Å². The Morgan fingerprint density at radius 3 is 2.80 bits per heavy atom. The molecule has 1 aliphatic heterocycles. The van der Waals surface area contributed by atoms with E-state index >= 15 is 0 Å². The number of nitrogens with one attached hydrogen (secondary N) is 2. The Morgan fingerprint density at radius 1 is 1.48 bits per heavy atom. The first-order valence-corrected chi connectivity index (χ1v) is 8.02. The van der Waals surface area contributed by atoms with Gasteiger partial charge in [-0.05, 0) is 12.8 Å². The van der Waals surface area contributed by atoms with Crippen LogP contribution in [-0.2, 0) is 24.5 Å². The molecule has 1 aromatic rings. The first kappa shape index (κ1) is 19.5. The second kappa shape index (κ2) is 8.05. The van der Waals surface area contributed by atoms with Crippen LogP contribution in [0.5, 0.6) is 0 Å². The van der Waals surface area contributed by atoms with Gasteiger partial charge >= 0.3 is 6.18 Å². The molecule has 2 rings (SSSR count). The van der Waals surface area contributed by atoms with Crippen molar-refractivity contribution >= 4 is 5.96 Å². The Balaban J connectivity index is 1.95. The molecule has 1 aromatic heterocycles. The molecule has 0 aliphatic carbocycles. The lowest BCUT2D eigenvalue weighted by atomic mass is 9.84.